The highest BCUT2D eigenvalue weighted by Gasteiger charge is 2.21. The van der Waals surface area contributed by atoms with Crippen LogP contribution >= 0.6 is 0 Å². The largest absolute Gasteiger partial charge is 0.508 e. The molecule has 96 valence electrons. The summed E-state index contributed by atoms with van der Waals surface area (Å²) in [6, 6.07) is 15.5. The van der Waals surface area contributed by atoms with Gasteiger partial charge in [-0.05, 0) is 6.07 Å². The molecule has 3 heteroatoms. The van der Waals surface area contributed by atoms with Gasteiger partial charge in [0.15, 0.2) is 0 Å². The van der Waals surface area contributed by atoms with Gasteiger partial charge in [0.1, 0.15) is 5.75 Å². The summed E-state index contributed by atoms with van der Waals surface area (Å²) in [6.07, 6.45) is 0. The third kappa shape index (κ3) is 2.71. The first-order valence-corrected chi connectivity index (χ1v) is 6.07. The number of nitrogens with one attached hydrogen (secondary N) is 1. The van der Waals surface area contributed by atoms with E-state index in [1.807, 2.05) is 6.07 Å². The van der Waals surface area contributed by atoms with Crippen molar-refractivity contribution in [2.24, 2.45) is 0 Å². The second kappa shape index (κ2) is 5.48. The van der Waals surface area contributed by atoms with Crippen LogP contribution in [-0.2, 0) is 0 Å². The monoisotopic (exact) mass is 253 g/mol. The molecule has 0 saturated heterocycles. The number of carbonyl (C=O) groups excluding carboxylic acids is 1. The van der Waals surface area contributed by atoms with Crippen LogP contribution in [0.5, 0.6) is 5.75 Å². The molecule has 0 amide bonds. The number of Topliss-reactive ketones (excluding diaryl/α,β-unsaturated/α-hetero) is 1. The second-order valence-corrected chi connectivity index (χ2v) is 4.39. The zero-order valence-electron chi connectivity index (χ0n) is 10.6. The lowest BCUT2D eigenvalue weighted by Crippen LogP contribution is -2.19. The normalized spacial score (nSPS) is 11.8. The minimum Gasteiger partial charge on any atom is -0.508 e. The molecule has 2 rings (SSSR count). The summed E-state index contributed by atoms with van der Waals surface area (Å²) in [5.41, 5.74) is 1.07. The van der Waals surface area contributed by atoms with Crippen molar-refractivity contribution in [3.05, 3.63) is 65.7 Å². The molecule has 0 aromatic heterocycles. The molecule has 19 heavy (non-hydrogen) atoms. The van der Waals surface area contributed by atoms with Gasteiger partial charge >= 0.3 is 0 Å². The predicted octanol–water partition coefficient (Wildman–Crippen LogP) is 3.40. The summed E-state index contributed by atoms with van der Waals surface area (Å²) in [5, 5.41) is 17.8. The zero-order chi connectivity index (χ0) is 13.8. The number of rotatable bonds is 4. The fourth-order valence-electron chi connectivity index (χ4n) is 1.95. The average Bonchev–Trinajstić information content (AvgIpc) is 2.46. The van der Waals surface area contributed by atoms with Crippen LogP contribution < -0.4 is 0 Å². The SMILES string of the molecule is CC(C(=N)C(=O)c1ccccc1)c1ccccc1O. The Morgan fingerprint density at radius 3 is 2.26 bits per heavy atom. The predicted molar refractivity (Wildman–Crippen MR) is 75.0 cm³/mol. The van der Waals surface area contributed by atoms with E-state index in [9.17, 15) is 9.90 Å². The topological polar surface area (TPSA) is 61.2 Å². The molecule has 0 saturated carbocycles. The van der Waals surface area contributed by atoms with E-state index in [0.29, 0.717) is 11.1 Å². The van der Waals surface area contributed by atoms with Crippen molar-refractivity contribution < 1.29 is 9.90 Å². The summed E-state index contributed by atoms with van der Waals surface area (Å²) in [5.74, 6) is -0.633. The minimum atomic E-state index is -0.436. The van der Waals surface area contributed by atoms with Crippen LogP contribution in [0.25, 0.3) is 0 Å². The van der Waals surface area contributed by atoms with Gasteiger partial charge in [0, 0.05) is 17.0 Å². The molecule has 0 spiro atoms. The van der Waals surface area contributed by atoms with Gasteiger partial charge in [-0.2, -0.15) is 0 Å². The number of ketones is 1. The quantitative estimate of drug-likeness (QED) is 0.648. The van der Waals surface area contributed by atoms with E-state index in [1.54, 1.807) is 55.5 Å². The highest BCUT2D eigenvalue weighted by molar-refractivity contribution is 6.46. The van der Waals surface area contributed by atoms with Gasteiger partial charge in [0.05, 0.1) is 5.71 Å². The van der Waals surface area contributed by atoms with Crippen LogP contribution in [0.4, 0.5) is 0 Å². The van der Waals surface area contributed by atoms with Crippen molar-refractivity contribution in [1.82, 2.24) is 0 Å². The fraction of sp³-hybridized carbons (Fsp3) is 0.125. The summed E-state index contributed by atoms with van der Waals surface area (Å²) >= 11 is 0. The number of aromatic hydroxyl groups is 1. The Balaban J connectivity index is 2.26. The molecule has 1 unspecified atom stereocenters. The molecule has 0 aliphatic heterocycles. The third-order valence-electron chi connectivity index (χ3n) is 3.12. The zero-order valence-corrected chi connectivity index (χ0v) is 10.6. The van der Waals surface area contributed by atoms with Crippen LogP contribution in [-0.4, -0.2) is 16.6 Å². The Bertz CT molecular complexity index is 605. The van der Waals surface area contributed by atoms with Crippen LogP contribution in [0.1, 0.15) is 28.8 Å². The number of hydrogen-bond acceptors (Lipinski definition) is 3. The lowest BCUT2D eigenvalue weighted by atomic mass is 9.90. The molecule has 2 N–H and O–H groups in total. The molecular formula is C16H15NO2. The van der Waals surface area contributed by atoms with Crippen LogP contribution in [0, 0.1) is 5.41 Å². The van der Waals surface area contributed by atoms with Crippen LogP contribution in [0.2, 0.25) is 0 Å². The van der Waals surface area contributed by atoms with Crippen molar-refractivity contribution in [3.8, 4) is 5.75 Å². The van der Waals surface area contributed by atoms with E-state index < -0.39 is 5.92 Å². The molecule has 1 atom stereocenters. The maximum absolute atomic E-state index is 12.2. The van der Waals surface area contributed by atoms with Crippen molar-refractivity contribution in [1.29, 1.82) is 5.41 Å². The lowest BCUT2D eigenvalue weighted by molar-refractivity contribution is 0.106. The van der Waals surface area contributed by atoms with E-state index in [4.69, 9.17) is 5.41 Å². The number of para-hydroxylation sites is 1. The van der Waals surface area contributed by atoms with Gasteiger partial charge in [0.2, 0.25) is 5.78 Å². The van der Waals surface area contributed by atoms with E-state index in [2.05, 4.69) is 0 Å². The molecule has 2 aromatic rings. The number of hydrogen-bond donors (Lipinski definition) is 2. The molecule has 0 radical (unpaired) electrons. The average molecular weight is 253 g/mol. The highest BCUT2D eigenvalue weighted by atomic mass is 16.3. The van der Waals surface area contributed by atoms with Crippen molar-refractivity contribution in [3.63, 3.8) is 0 Å². The summed E-state index contributed by atoms with van der Waals surface area (Å²) in [4.78, 5) is 12.2. The van der Waals surface area contributed by atoms with Gasteiger partial charge in [-0.25, -0.2) is 0 Å². The standard InChI is InChI=1S/C16H15NO2/c1-11(13-9-5-6-10-14(13)18)15(17)16(19)12-7-3-2-4-8-12/h2-11,17-18H,1H3. The number of carbonyl (C=O) groups is 1. The number of phenolic OH excluding ortho intramolecular Hbond substituents is 1. The van der Waals surface area contributed by atoms with E-state index in [1.165, 1.54) is 0 Å². The third-order valence-corrected chi connectivity index (χ3v) is 3.12. The molecule has 0 aliphatic carbocycles. The van der Waals surface area contributed by atoms with E-state index in [0.717, 1.165) is 0 Å². The Kier molecular flexibility index (Phi) is 3.76. The Labute approximate surface area is 112 Å². The fourth-order valence-corrected chi connectivity index (χ4v) is 1.95. The van der Waals surface area contributed by atoms with Gasteiger partial charge in [-0.1, -0.05) is 55.5 Å². The Morgan fingerprint density at radius 1 is 1.05 bits per heavy atom. The van der Waals surface area contributed by atoms with Crippen LogP contribution in [0.3, 0.4) is 0 Å². The molecule has 0 heterocycles. The first kappa shape index (κ1) is 13.0. The number of benzene rings is 2. The minimum absolute atomic E-state index is 0.0206. The van der Waals surface area contributed by atoms with Crippen molar-refractivity contribution in [2.45, 2.75) is 12.8 Å². The van der Waals surface area contributed by atoms with Gasteiger partial charge in [0.25, 0.3) is 0 Å². The summed E-state index contributed by atoms with van der Waals surface area (Å²) in [6.45, 7) is 1.75. The molecule has 2 aromatic carbocycles. The lowest BCUT2D eigenvalue weighted by Gasteiger charge is -2.14. The van der Waals surface area contributed by atoms with Gasteiger partial charge < -0.3 is 10.5 Å². The van der Waals surface area contributed by atoms with Crippen molar-refractivity contribution in [2.75, 3.05) is 0 Å². The number of phenols is 1. The molecule has 3 nitrogen and oxygen atoms in total. The summed E-state index contributed by atoms with van der Waals surface area (Å²) in [7, 11) is 0. The molecular weight excluding hydrogens is 238 g/mol. The maximum atomic E-state index is 12.2. The van der Waals surface area contributed by atoms with Crippen LogP contribution in [0.15, 0.2) is 54.6 Å². The first-order chi connectivity index (χ1) is 9.11. The Hall–Kier alpha value is -2.42. The molecule has 0 fully saturated rings. The smallest absolute Gasteiger partial charge is 0.207 e. The maximum Gasteiger partial charge on any atom is 0.207 e. The van der Waals surface area contributed by atoms with E-state index >= 15 is 0 Å². The van der Waals surface area contributed by atoms with E-state index in [-0.39, 0.29) is 17.2 Å². The Morgan fingerprint density at radius 2 is 1.63 bits per heavy atom. The molecule has 0 bridgehead atoms. The highest BCUT2D eigenvalue weighted by Crippen LogP contribution is 2.26. The van der Waals surface area contributed by atoms with Gasteiger partial charge in [-0.3, -0.25) is 4.79 Å². The first-order valence-electron chi connectivity index (χ1n) is 6.07. The summed E-state index contributed by atoms with van der Waals surface area (Å²) < 4.78 is 0. The van der Waals surface area contributed by atoms with Crippen molar-refractivity contribution >= 4 is 11.5 Å². The molecule has 0 aliphatic rings. The van der Waals surface area contributed by atoms with Gasteiger partial charge in [-0.15, -0.1) is 0 Å². The second-order valence-electron chi connectivity index (χ2n) is 4.39.